The summed E-state index contributed by atoms with van der Waals surface area (Å²) in [6, 6.07) is 15.4. The SMILES string of the molecule is CCOc1ccccc1N1CCN(C(=O)/C=C/c2ccc(NC(C)=O)cc2)CC1. The van der Waals surface area contributed by atoms with Gasteiger partial charge < -0.3 is 19.9 Å². The molecule has 0 aromatic heterocycles. The third-order valence-corrected chi connectivity index (χ3v) is 4.75. The molecule has 6 heteroatoms. The zero-order chi connectivity index (χ0) is 20.6. The average Bonchev–Trinajstić information content (AvgIpc) is 2.73. The van der Waals surface area contributed by atoms with Gasteiger partial charge in [0.2, 0.25) is 11.8 Å². The van der Waals surface area contributed by atoms with Crippen molar-refractivity contribution in [2.75, 3.05) is 43.0 Å². The van der Waals surface area contributed by atoms with Crippen molar-refractivity contribution in [1.82, 2.24) is 4.90 Å². The molecular weight excluding hydrogens is 366 g/mol. The Bertz CT molecular complexity index is 869. The van der Waals surface area contributed by atoms with Crippen LogP contribution in [0, 0.1) is 0 Å². The van der Waals surface area contributed by atoms with E-state index < -0.39 is 0 Å². The lowest BCUT2D eigenvalue weighted by Crippen LogP contribution is -2.48. The van der Waals surface area contributed by atoms with E-state index in [1.54, 1.807) is 12.2 Å². The second kappa shape index (κ2) is 9.78. The molecule has 0 aliphatic carbocycles. The Labute approximate surface area is 171 Å². The number of hydrogen-bond donors (Lipinski definition) is 1. The summed E-state index contributed by atoms with van der Waals surface area (Å²) in [5.41, 5.74) is 2.73. The number of carbonyl (C=O) groups is 2. The minimum absolute atomic E-state index is 0.00804. The molecule has 1 N–H and O–H groups in total. The van der Waals surface area contributed by atoms with Crippen molar-refractivity contribution in [2.24, 2.45) is 0 Å². The number of ether oxygens (including phenoxy) is 1. The minimum atomic E-state index is -0.105. The number of para-hydroxylation sites is 2. The van der Waals surface area contributed by atoms with Gasteiger partial charge in [0.05, 0.1) is 12.3 Å². The topological polar surface area (TPSA) is 61.9 Å². The van der Waals surface area contributed by atoms with Crippen molar-refractivity contribution in [1.29, 1.82) is 0 Å². The van der Waals surface area contributed by atoms with Crippen molar-refractivity contribution < 1.29 is 14.3 Å². The molecule has 29 heavy (non-hydrogen) atoms. The van der Waals surface area contributed by atoms with Crippen LogP contribution in [0.25, 0.3) is 6.08 Å². The number of nitrogens with zero attached hydrogens (tertiary/aromatic N) is 2. The summed E-state index contributed by atoms with van der Waals surface area (Å²) in [5, 5.41) is 2.73. The molecule has 152 valence electrons. The molecule has 1 aliphatic heterocycles. The Kier molecular flexibility index (Phi) is 6.89. The lowest BCUT2D eigenvalue weighted by Gasteiger charge is -2.36. The summed E-state index contributed by atoms with van der Waals surface area (Å²) in [6.45, 7) is 6.97. The minimum Gasteiger partial charge on any atom is -0.492 e. The van der Waals surface area contributed by atoms with E-state index in [4.69, 9.17) is 4.74 Å². The van der Waals surface area contributed by atoms with Gasteiger partial charge in [-0.3, -0.25) is 9.59 Å². The summed E-state index contributed by atoms with van der Waals surface area (Å²) < 4.78 is 5.73. The van der Waals surface area contributed by atoms with Crippen molar-refractivity contribution in [2.45, 2.75) is 13.8 Å². The summed E-state index contributed by atoms with van der Waals surface area (Å²) in [5.74, 6) is 0.789. The standard InChI is InChI=1S/C23H27N3O3/c1-3-29-22-7-5-4-6-21(22)25-14-16-26(17-15-25)23(28)13-10-19-8-11-20(12-9-19)24-18(2)27/h4-13H,3,14-17H2,1-2H3,(H,24,27)/b13-10+. The Morgan fingerprint density at radius 1 is 1.03 bits per heavy atom. The average molecular weight is 393 g/mol. The summed E-state index contributed by atoms with van der Waals surface area (Å²) in [6.07, 6.45) is 3.41. The van der Waals surface area contributed by atoms with Crippen LogP contribution in [-0.2, 0) is 9.59 Å². The number of anilines is 2. The van der Waals surface area contributed by atoms with Gasteiger partial charge >= 0.3 is 0 Å². The maximum atomic E-state index is 12.5. The van der Waals surface area contributed by atoms with Gasteiger partial charge in [-0.2, -0.15) is 0 Å². The van der Waals surface area contributed by atoms with Crippen LogP contribution in [0.1, 0.15) is 19.4 Å². The summed E-state index contributed by atoms with van der Waals surface area (Å²) >= 11 is 0. The van der Waals surface area contributed by atoms with E-state index in [0.29, 0.717) is 19.7 Å². The highest BCUT2D eigenvalue weighted by Crippen LogP contribution is 2.28. The lowest BCUT2D eigenvalue weighted by atomic mass is 10.2. The van der Waals surface area contributed by atoms with Gasteiger partial charge in [-0.15, -0.1) is 0 Å². The van der Waals surface area contributed by atoms with Gasteiger partial charge in [-0.05, 0) is 42.8 Å². The molecule has 0 atom stereocenters. The highest BCUT2D eigenvalue weighted by molar-refractivity contribution is 5.92. The molecule has 0 radical (unpaired) electrons. The van der Waals surface area contributed by atoms with E-state index in [1.807, 2.05) is 54.3 Å². The first-order valence-corrected chi connectivity index (χ1v) is 9.88. The fraction of sp³-hybridized carbons (Fsp3) is 0.304. The molecule has 0 saturated carbocycles. The molecule has 2 aromatic rings. The number of rotatable bonds is 6. The van der Waals surface area contributed by atoms with E-state index in [1.165, 1.54) is 6.92 Å². The molecule has 0 spiro atoms. The predicted octanol–water partition coefficient (Wildman–Crippen LogP) is 3.41. The smallest absolute Gasteiger partial charge is 0.246 e. The first kappa shape index (κ1) is 20.5. The molecule has 6 nitrogen and oxygen atoms in total. The molecule has 1 fully saturated rings. The molecule has 0 bridgehead atoms. The Balaban J connectivity index is 1.55. The van der Waals surface area contributed by atoms with Crippen LogP contribution in [-0.4, -0.2) is 49.5 Å². The van der Waals surface area contributed by atoms with Crippen LogP contribution in [0.5, 0.6) is 5.75 Å². The molecule has 2 aromatic carbocycles. The molecule has 0 unspecified atom stereocenters. The third-order valence-electron chi connectivity index (χ3n) is 4.75. The van der Waals surface area contributed by atoms with Gasteiger partial charge in [0.15, 0.2) is 0 Å². The maximum Gasteiger partial charge on any atom is 0.246 e. The highest BCUT2D eigenvalue weighted by Gasteiger charge is 2.21. The highest BCUT2D eigenvalue weighted by atomic mass is 16.5. The van der Waals surface area contributed by atoms with Crippen LogP contribution in [0.2, 0.25) is 0 Å². The van der Waals surface area contributed by atoms with Gasteiger partial charge in [0.25, 0.3) is 0 Å². The number of piperazine rings is 1. The quantitative estimate of drug-likeness (QED) is 0.764. The van der Waals surface area contributed by atoms with E-state index in [2.05, 4.69) is 16.3 Å². The van der Waals surface area contributed by atoms with E-state index in [-0.39, 0.29) is 11.8 Å². The van der Waals surface area contributed by atoms with Crippen LogP contribution >= 0.6 is 0 Å². The second-order valence-corrected chi connectivity index (χ2v) is 6.85. The Morgan fingerprint density at radius 2 is 1.72 bits per heavy atom. The normalized spacial score (nSPS) is 14.1. The first-order valence-electron chi connectivity index (χ1n) is 9.88. The van der Waals surface area contributed by atoms with Crippen LogP contribution in [0.3, 0.4) is 0 Å². The van der Waals surface area contributed by atoms with Gasteiger partial charge in [-0.25, -0.2) is 0 Å². The molecule has 1 saturated heterocycles. The van der Waals surface area contributed by atoms with Gasteiger partial charge in [-0.1, -0.05) is 24.3 Å². The zero-order valence-corrected chi connectivity index (χ0v) is 16.9. The number of carbonyl (C=O) groups excluding carboxylic acids is 2. The lowest BCUT2D eigenvalue weighted by molar-refractivity contribution is -0.126. The maximum absolute atomic E-state index is 12.5. The fourth-order valence-electron chi connectivity index (χ4n) is 3.32. The van der Waals surface area contributed by atoms with Crippen LogP contribution in [0.4, 0.5) is 11.4 Å². The fourth-order valence-corrected chi connectivity index (χ4v) is 3.32. The van der Waals surface area contributed by atoms with Gasteiger partial charge in [0, 0.05) is 44.9 Å². The van der Waals surface area contributed by atoms with Crippen molar-refractivity contribution in [3.8, 4) is 5.75 Å². The number of benzene rings is 2. The molecular formula is C23H27N3O3. The third kappa shape index (κ3) is 5.60. The molecule has 3 rings (SSSR count). The van der Waals surface area contributed by atoms with Crippen LogP contribution < -0.4 is 15.0 Å². The Hall–Kier alpha value is -3.28. The summed E-state index contributed by atoms with van der Waals surface area (Å²) in [7, 11) is 0. The largest absolute Gasteiger partial charge is 0.492 e. The van der Waals surface area contributed by atoms with Crippen molar-refractivity contribution in [3.63, 3.8) is 0 Å². The Morgan fingerprint density at radius 3 is 2.38 bits per heavy atom. The van der Waals surface area contributed by atoms with E-state index >= 15 is 0 Å². The van der Waals surface area contributed by atoms with E-state index in [9.17, 15) is 9.59 Å². The van der Waals surface area contributed by atoms with Gasteiger partial charge in [0.1, 0.15) is 5.75 Å². The molecule has 1 heterocycles. The van der Waals surface area contributed by atoms with Crippen molar-refractivity contribution >= 4 is 29.3 Å². The molecule has 1 aliphatic rings. The summed E-state index contributed by atoms with van der Waals surface area (Å²) in [4.78, 5) is 27.7. The number of nitrogens with one attached hydrogen (secondary N) is 1. The number of hydrogen-bond acceptors (Lipinski definition) is 4. The zero-order valence-electron chi connectivity index (χ0n) is 16.9. The van der Waals surface area contributed by atoms with Crippen molar-refractivity contribution in [3.05, 3.63) is 60.2 Å². The molecule has 2 amide bonds. The predicted molar refractivity (Wildman–Crippen MR) is 116 cm³/mol. The monoisotopic (exact) mass is 393 g/mol. The second-order valence-electron chi connectivity index (χ2n) is 6.85. The van der Waals surface area contributed by atoms with E-state index in [0.717, 1.165) is 35.8 Å². The first-order chi connectivity index (χ1) is 14.1. The van der Waals surface area contributed by atoms with Crippen LogP contribution in [0.15, 0.2) is 54.6 Å². The number of amides is 2.